The Morgan fingerprint density at radius 2 is 1.95 bits per heavy atom. The molecule has 2 aromatic heterocycles. The molecule has 4 heteroatoms. The van der Waals surface area contributed by atoms with Crippen LogP contribution in [-0.4, -0.2) is 19.9 Å². The molecular weight excluding hydrogens is 272 g/mol. The highest BCUT2D eigenvalue weighted by Gasteiger charge is 2.15. The number of imidazole rings is 1. The van der Waals surface area contributed by atoms with Gasteiger partial charge in [0.1, 0.15) is 6.33 Å². The van der Waals surface area contributed by atoms with Crippen LogP contribution in [0.3, 0.4) is 0 Å². The lowest BCUT2D eigenvalue weighted by atomic mass is 9.85. The first-order valence-electron chi connectivity index (χ1n) is 7.48. The smallest absolute Gasteiger partial charge is 0.115 e. The van der Waals surface area contributed by atoms with E-state index in [-0.39, 0.29) is 0 Å². The fourth-order valence-electron chi connectivity index (χ4n) is 3.00. The predicted molar refractivity (Wildman–Crippen MR) is 86.9 cm³/mol. The average Bonchev–Trinajstić information content (AvgIpc) is 3.09. The van der Waals surface area contributed by atoms with Crippen LogP contribution in [0, 0.1) is 0 Å². The molecular formula is C18H16N4. The molecule has 0 aliphatic heterocycles. The highest BCUT2D eigenvalue weighted by atomic mass is 14.8. The Hall–Kier alpha value is -2.75. The van der Waals surface area contributed by atoms with Crippen molar-refractivity contribution in [2.75, 3.05) is 0 Å². The van der Waals surface area contributed by atoms with Crippen LogP contribution in [0.25, 0.3) is 22.8 Å². The minimum absolute atomic E-state index is 0.983. The minimum atomic E-state index is 0.983. The number of hydrogen-bond donors (Lipinski definition) is 1. The monoisotopic (exact) mass is 288 g/mol. The molecule has 4 nitrogen and oxygen atoms in total. The summed E-state index contributed by atoms with van der Waals surface area (Å²) < 4.78 is 0. The fourth-order valence-corrected chi connectivity index (χ4v) is 3.00. The van der Waals surface area contributed by atoms with E-state index in [0.717, 1.165) is 29.7 Å². The van der Waals surface area contributed by atoms with Crippen LogP contribution in [-0.2, 0) is 6.42 Å². The summed E-state index contributed by atoms with van der Waals surface area (Å²) in [6.07, 6.45) is 14.5. The second kappa shape index (κ2) is 5.56. The second-order valence-electron chi connectivity index (χ2n) is 5.52. The maximum Gasteiger partial charge on any atom is 0.115 e. The fraction of sp³-hybridized carbons (Fsp3) is 0.167. The number of H-pyrrole nitrogens is 1. The van der Waals surface area contributed by atoms with Crippen molar-refractivity contribution in [3.8, 4) is 11.1 Å². The number of aryl methyl sites for hydroxylation is 1. The summed E-state index contributed by atoms with van der Waals surface area (Å²) in [5.41, 5.74) is 7.29. The van der Waals surface area contributed by atoms with E-state index < -0.39 is 0 Å². The van der Waals surface area contributed by atoms with Gasteiger partial charge in [0.15, 0.2) is 0 Å². The maximum absolute atomic E-state index is 4.31. The molecule has 1 N–H and O–H groups in total. The van der Waals surface area contributed by atoms with Crippen molar-refractivity contribution >= 4 is 11.6 Å². The third-order valence-corrected chi connectivity index (χ3v) is 4.08. The van der Waals surface area contributed by atoms with Gasteiger partial charge in [-0.3, -0.25) is 0 Å². The van der Waals surface area contributed by atoms with Gasteiger partial charge in [0.05, 0.1) is 12.0 Å². The van der Waals surface area contributed by atoms with Crippen LogP contribution in [0.4, 0.5) is 0 Å². The van der Waals surface area contributed by atoms with E-state index in [1.807, 2.05) is 18.6 Å². The number of aromatic nitrogens is 4. The van der Waals surface area contributed by atoms with Gasteiger partial charge in [-0.2, -0.15) is 0 Å². The van der Waals surface area contributed by atoms with Gasteiger partial charge in [0.25, 0.3) is 0 Å². The van der Waals surface area contributed by atoms with E-state index in [9.17, 15) is 0 Å². The number of hydrogen-bond acceptors (Lipinski definition) is 3. The molecule has 4 rings (SSSR count). The minimum Gasteiger partial charge on any atom is -0.351 e. The summed E-state index contributed by atoms with van der Waals surface area (Å²) in [4.78, 5) is 15.5. The summed E-state index contributed by atoms with van der Waals surface area (Å²) >= 11 is 0. The largest absolute Gasteiger partial charge is 0.351 e. The average molecular weight is 288 g/mol. The van der Waals surface area contributed by atoms with Gasteiger partial charge in [-0.15, -0.1) is 0 Å². The Morgan fingerprint density at radius 3 is 2.77 bits per heavy atom. The van der Waals surface area contributed by atoms with E-state index in [4.69, 9.17) is 0 Å². The summed E-state index contributed by atoms with van der Waals surface area (Å²) in [6.45, 7) is 0. The summed E-state index contributed by atoms with van der Waals surface area (Å²) in [5, 5.41) is 0. The van der Waals surface area contributed by atoms with Crippen LogP contribution < -0.4 is 0 Å². The lowest BCUT2D eigenvalue weighted by Crippen LogP contribution is -2.02. The Balaban J connectivity index is 1.80. The van der Waals surface area contributed by atoms with Crippen molar-refractivity contribution < 1.29 is 0 Å². The number of fused-ring (bicyclic) bond motifs is 1. The van der Waals surface area contributed by atoms with Gasteiger partial charge in [-0.05, 0) is 53.7 Å². The molecule has 1 aliphatic rings. The van der Waals surface area contributed by atoms with E-state index in [2.05, 4.69) is 44.2 Å². The standard InChI is InChI=1S/C18H16N4/c1-2-13-4-5-14(16-8-19-11-20-9-16)7-18(13)15(3-1)6-17-10-21-12-22-17/h4-12H,1-3H2,(H,21,22)/b15-6+. The summed E-state index contributed by atoms with van der Waals surface area (Å²) in [5.74, 6) is 0. The lowest BCUT2D eigenvalue weighted by molar-refractivity contribution is 0.824. The Morgan fingerprint density at radius 1 is 1.05 bits per heavy atom. The molecule has 0 saturated carbocycles. The quantitative estimate of drug-likeness (QED) is 0.781. The van der Waals surface area contributed by atoms with Crippen molar-refractivity contribution in [3.63, 3.8) is 0 Å². The molecule has 0 atom stereocenters. The van der Waals surface area contributed by atoms with Crippen LogP contribution >= 0.6 is 0 Å². The van der Waals surface area contributed by atoms with Crippen molar-refractivity contribution in [1.82, 2.24) is 19.9 Å². The first-order chi connectivity index (χ1) is 10.9. The van der Waals surface area contributed by atoms with Crippen LogP contribution in [0.2, 0.25) is 0 Å². The van der Waals surface area contributed by atoms with Crippen molar-refractivity contribution in [1.29, 1.82) is 0 Å². The molecule has 22 heavy (non-hydrogen) atoms. The zero-order valence-corrected chi connectivity index (χ0v) is 12.2. The first-order valence-corrected chi connectivity index (χ1v) is 7.48. The maximum atomic E-state index is 4.31. The van der Waals surface area contributed by atoms with Crippen LogP contribution in [0.15, 0.2) is 49.4 Å². The molecule has 0 amide bonds. The van der Waals surface area contributed by atoms with Gasteiger partial charge in [-0.1, -0.05) is 12.1 Å². The Kier molecular flexibility index (Phi) is 3.27. The first kappa shape index (κ1) is 13.0. The number of rotatable bonds is 2. The van der Waals surface area contributed by atoms with Gasteiger partial charge >= 0.3 is 0 Å². The molecule has 2 heterocycles. The van der Waals surface area contributed by atoms with E-state index in [0.29, 0.717) is 0 Å². The number of nitrogens with one attached hydrogen (secondary N) is 1. The van der Waals surface area contributed by atoms with Gasteiger partial charge in [-0.25, -0.2) is 15.0 Å². The SMILES string of the molecule is C(=C1/CCCc2ccc(-c3cncnc3)cc21)/c1c[nH]cn1. The molecule has 0 bridgehead atoms. The van der Waals surface area contributed by atoms with Gasteiger partial charge in [0.2, 0.25) is 0 Å². The van der Waals surface area contributed by atoms with E-state index >= 15 is 0 Å². The molecule has 0 radical (unpaired) electrons. The van der Waals surface area contributed by atoms with Gasteiger partial charge < -0.3 is 4.98 Å². The molecule has 108 valence electrons. The molecule has 0 fully saturated rings. The topological polar surface area (TPSA) is 54.5 Å². The summed E-state index contributed by atoms with van der Waals surface area (Å²) in [7, 11) is 0. The molecule has 0 saturated heterocycles. The highest BCUT2D eigenvalue weighted by Crippen LogP contribution is 2.34. The van der Waals surface area contributed by atoms with Gasteiger partial charge in [0, 0.05) is 24.2 Å². The number of aromatic amines is 1. The third-order valence-electron chi connectivity index (χ3n) is 4.08. The van der Waals surface area contributed by atoms with Crippen molar-refractivity contribution in [2.45, 2.75) is 19.3 Å². The van der Waals surface area contributed by atoms with E-state index in [1.165, 1.54) is 23.1 Å². The second-order valence-corrected chi connectivity index (χ2v) is 5.52. The Bertz CT molecular complexity index is 804. The highest BCUT2D eigenvalue weighted by molar-refractivity contribution is 5.84. The zero-order valence-electron chi connectivity index (χ0n) is 12.2. The molecule has 0 unspecified atom stereocenters. The molecule has 3 aromatic rings. The Labute approximate surface area is 129 Å². The number of benzene rings is 1. The molecule has 0 spiro atoms. The van der Waals surface area contributed by atoms with Crippen molar-refractivity contribution in [3.05, 3.63) is 66.3 Å². The molecule has 1 aliphatic carbocycles. The van der Waals surface area contributed by atoms with Crippen LogP contribution in [0.5, 0.6) is 0 Å². The third kappa shape index (κ3) is 2.44. The lowest BCUT2D eigenvalue weighted by Gasteiger charge is -2.20. The van der Waals surface area contributed by atoms with Crippen molar-refractivity contribution in [2.24, 2.45) is 0 Å². The predicted octanol–water partition coefficient (Wildman–Crippen LogP) is 3.74. The molecule has 1 aromatic carbocycles. The van der Waals surface area contributed by atoms with Crippen LogP contribution in [0.1, 0.15) is 29.7 Å². The number of nitrogens with zero attached hydrogens (tertiary/aromatic N) is 3. The van der Waals surface area contributed by atoms with E-state index in [1.54, 1.807) is 12.7 Å². The normalized spacial score (nSPS) is 15.7. The zero-order chi connectivity index (χ0) is 14.8. The number of allylic oxidation sites excluding steroid dienone is 1. The summed E-state index contributed by atoms with van der Waals surface area (Å²) in [6, 6.07) is 6.65.